The highest BCUT2D eigenvalue weighted by molar-refractivity contribution is 5.84. The first-order valence-electron chi connectivity index (χ1n) is 15.1. The van der Waals surface area contributed by atoms with Gasteiger partial charge in [0.1, 0.15) is 17.8 Å². The molecule has 9 atom stereocenters. The van der Waals surface area contributed by atoms with Gasteiger partial charge in [0.25, 0.3) is 0 Å². The number of methoxy groups -OCH3 is 1. The van der Waals surface area contributed by atoms with Gasteiger partial charge in [-0.15, -0.1) is 5.10 Å². The highest BCUT2D eigenvalue weighted by Gasteiger charge is 2.64. The van der Waals surface area contributed by atoms with Crippen LogP contribution in [0.25, 0.3) is 11.0 Å². The Kier molecular flexibility index (Phi) is 6.25. The average molecular weight is 522 g/mol. The second kappa shape index (κ2) is 9.04. The van der Waals surface area contributed by atoms with Gasteiger partial charge in [0, 0.05) is 12.0 Å². The number of hydrogen-bond acceptors (Lipinski definition) is 5. The lowest BCUT2D eigenvalue weighted by molar-refractivity contribution is -0.151. The molecule has 0 bridgehead atoms. The Morgan fingerprint density at radius 2 is 1.89 bits per heavy atom. The summed E-state index contributed by atoms with van der Waals surface area (Å²) in [6.07, 6.45) is 9.08. The van der Waals surface area contributed by atoms with Crippen molar-refractivity contribution < 1.29 is 14.6 Å². The van der Waals surface area contributed by atoms with Gasteiger partial charge in [0.15, 0.2) is 5.78 Å². The number of aliphatic hydroxyl groups is 1. The quantitative estimate of drug-likeness (QED) is 0.500. The Balaban J connectivity index is 1.29. The molecule has 6 heteroatoms. The number of ether oxygens (including phenoxy) is 1. The lowest BCUT2D eigenvalue weighted by Gasteiger charge is -2.61. The molecule has 2 unspecified atom stereocenters. The molecule has 4 fully saturated rings. The van der Waals surface area contributed by atoms with E-state index in [0.717, 1.165) is 48.4 Å². The molecule has 1 aromatic heterocycles. The van der Waals surface area contributed by atoms with E-state index < -0.39 is 5.60 Å². The topological polar surface area (TPSA) is 77.2 Å². The molecule has 0 radical (unpaired) electrons. The van der Waals surface area contributed by atoms with Crippen molar-refractivity contribution in [1.82, 2.24) is 15.0 Å². The number of carbonyl (C=O) groups excluding carboxylic acids is 1. The number of nitrogens with zero attached hydrogens (tertiary/aromatic N) is 3. The third-order valence-corrected chi connectivity index (χ3v) is 12.3. The molecule has 4 saturated carbocycles. The van der Waals surface area contributed by atoms with Crippen LogP contribution in [-0.4, -0.2) is 38.6 Å². The van der Waals surface area contributed by atoms with Gasteiger partial charge in [-0.25, -0.2) is 4.68 Å². The van der Waals surface area contributed by atoms with Crippen molar-refractivity contribution >= 4 is 16.8 Å². The van der Waals surface area contributed by atoms with Crippen LogP contribution >= 0.6 is 0 Å². The van der Waals surface area contributed by atoms with E-state index in [4.69, 9.17) is 4.74 Å². The van der Waals surface area contributed by atoms with Crippen molar-refractivity contribution in [3.63, 3.8) is 0 Å². The fraction of sp³-hybridized carbons (Fsp3) is 0.781. The van der Waals surface area contributed by atoms with E-state index in [9.17, 15) is 9.90 Å². The minimum Gasteiger partial charge on any atom is -0.497 e. The lowest BCUT2D eigenvalue weighted by atomic mass is 9.44. The summed E-state index contributed by atoms with van der Waals surface area (Å²) in [6, 6.07) is 5.74. The van der Waals surface area contributed by atoms with Crippen LogP contribution in [0.2, 0.25) is 0 Å². The summed E-state index contributed by atoms with van der Waals surface area (Å²) in [6.45, 7) is 12.0. The minimum absolute atomic E-state index is 0.0462. The first-order valence-corrected chi connectivity index (χ1v) is 15.1. The summed E-state index contributed by atoms with van der Waals surface area (Å²) in [7, 11) is 1.66. The first-order chi connectivity index (χ1) is 18.0. The molecule has 1 aromatic carbocycles. The van der Waals surface area contributed by atoms with Crippen LogP contribution in [0.15, 0.2) is 18.2 Å². The number of aromatic nitrogens is 3. The van der Waals surface area contributed by atoms with E-state index in [1.807, 2.05) is 25.1 Å². The summed E-state index contributed by atoms with van der Waals surface area (Å²) in [4.78, 5) is 14.3. The maximum atomic E-state index is 14.3. The zero-order valence-corrected chi connectivity index (χ0v) is 24.2. The Morgan fingerprint density at radius 1 is 1.11 bits per heavy atom. The van der Waals surface area contributed by atoms with Gasteiger partial charge >= 0.3 is 0 Å². The lowest BCUT2D eigenvalue weighted by Crippen LogP contribution is -2.55. The highest BCUT2D eigenvalue weighted by Crippen LogP contribution is 2.69. The van der Waals surface area contributed by atoms with E-state index in [1.165, 1.54) is 25.7 Å². The Bertz CT molecular complexity index is 1220. The van der Waals surface area contributed by atoms with Crippen molar-refractivity contribution in [1.29, 1.82) is 0 Å². The van der Waals surface area contributed by atoms with Gasteiger partial charge in [0.2, 0.25) is 0 Å². The molecule has 1 N–H and O–H groups in total. The van der Waals surface area contributed by atoms with Crippen molar-refractivity contribution in [3.8, 4) is 5.75 Å². The molecule has 6 rings (SSSR count). The molecular weight excluding hydrogens is 474 g/mol. The van der Waals surface area contributed by atoms with Crippen molar-refractivity contribution in [3.05, 3.63) is 18.2 Å². The van der Waals surface area contributed by atoms with Gasteiger partial charge < -0.3 is 9.84 Å². The normalized spacial score (nSPS) is 42.5. The second-order valence-electron chi connectivity index (χ2n) is 14.6. The first kappa shape index (κ1) is 26.3. The number of carbonyl (C=O) groups is 1. The van der Waals surface area contributed by atoms with Crippen LogP contribution in [0.1, 0.15) is 86.0 Å². The standard InChI is InChI=1S/C32H47N3O3/c1-19(2)23-16-25-22-9-7-20-17-30(3,37)13-14-31(20,4)24(22)11-12-32(25,5)29(23)28(36)18-35-27-15-21(38-6)8-10-26(27)33-34-35/h8,10,15,19-20,22-25,29,37H,7,9,11-14,16-18H2,1-6H3/t20-,22+,23?,24-,25-,29?,30+,31-,32-/m0/s1. The molecule has 208 valence electrons. The number of Topliss-reactive ketones (excluding diaryl/α,β-unsaturated/α-hetero) is 1. The van der Waals surface area contributed by atoms with Crippen LogP contribution in [0.3, 0.4) is 0 Å². The predicted molar refractivity (Wildman–Crippen MR) is 149 cm³/mol. The Hall–Kier alpha value is -1.95. The van der Waals surface area contributed by atoms with Crippen LogP contribution in [0.4, 0.5) is 0 Å². The van der Waals surface area contributed by atoms with Gasteiger partial charge in [-0.05, 0) is 117 Å². The SMILES string of the molecule is COc1ccc2nnn(CC(=O)C3C(C(C)C)C[C@H]4[C@@H]5CC[C@H]6C[C@](C)(O)CC[C@]6(C)[C@H]5CC[C@]34C)c2c1. The second-order valence-corrected chi connectivity index (χ2v) is 14.6. The maximum Gasteiger partial charge on any atom is 0.158 e. The van der Waals surface area contributed by atoms with E-state index in [0.29, 0.717) is 40.8 Å². The van der Waals surface area contributed by atoms with Crippen LogP contribution in [-0.2, 0) is 11.3 Å². The van der Waals surface area contributed by atoms with Crippen molar-refractivity contribution in [2.75, 3.05) is 7.11 Å². The summed E-state index contributed by atoms with van der Waals surface area (Å²) < 4.78 is 7.22. The van der Waals surface area contributed by atoms with Crippen LogP contribution < -0.4 is 4.74 Å². The molecule has 0 aliphatic heterocycles. The summed E-state index contributed by atoms with van der Waals surface area (Å²) in [5.41, 5.74) is 1.54. The highest BCUT2D eigenvalue weighted by atomic mass is 16.5. The van der Waals surface area contributed by atoms with E-state index in [1.54, 1.807) is 11.8 Å². The Morgan fingerprint density at radius 3 is 2.63 bits per heavy atom. The zero-order chi connectivity index (χ0) is 27.0. The van der Waals surface area contributed by atoms with Crippen LogP contribution in [0, 0.1) is 52.3 Å². The van der Waals surface area contributed by atoms with Gasteiger partial charge in [-0.3, -0.25) is 4.79 Å². The van der Waals surface area contributed by atoms with E-state index >= 15 is 0 Å². The van der Waals surface area contributed by atoms with Gasteiger partial charge in [0.05, 0.1) is 18.2 Å². The maximum absolute atomic E-state index is 14.3. The monoisotopic (exact) mass is 521 g/mol. The number of benzene rings is 1. The zero-order valence-electron chi connectivity index (χ0n) is 24.2. The third kappa shape index (κ3) is 3.95. The third-order valence-electron chi connectivity index (χ3n) is 12.3. The molecule has 1 heterocycles. The number of ketones is 1. The summed E-state index contributed by atoms with van der Waals surface area (Å²) in [5, 5.41) is 19.6. The molecule has 0 amide bonds. The molecule has 0 spiro atoms. The predicted octanol–water partition coefficient (Wildman–Crippen LogP) is 6.30. The van der Waals surface area contributed by atoms with E-state index in [-0.39, 0.29) is 17.9 Å². The van der Waals surface area contributed by atoms with E-state index in [2.05, 4.69) is 38.0 Å². The fourth-order valence-corrected chi connectivity index (χ4v) is 10.2. The summed E-state index contributed by atoms with van der Waals surface area (Å²) in [5.74, 6) is 4.72. The largest absolute Gasteiger partial charge is 0.497 e. The molecule has 38 heavy (non-hydrogen) atoms. The molecule has 0 saturated heterocycles. The Labute approximate surface area is 227 Å². The molecule has 4 aliphatic carbocycles. The van der Waals surface area contributed by atoms with Gasteiger partial charge in [-0.2, -0.15) is 0 Å². The fourth-order valence-electron chi connectivity index (χ4n) is 10.2. The minimum atomic E-state index is -0.497. The number of hydrogen-bond donors (Lipinski definition) is 1. The number of rotatable bonds is 5. The molecular formula is C32H47N3O3. The molecule has 4 aliphatic rings. The molecule has 6 nitrogen and oxygen atoms in total. The smallest absolute Gasteiger partial charge is 0.158 e. The average Bonchev–Trinajstić information content (AvgIpc) is 3.42. The van der Waals surface area contributed by atoms with Crippen molar-refractivity contribution in [2.45, 2.75) is 98.1 Å². The van der Waals surface area contributed by atoms with Crippen molar-refractivity contribution in [2.24, 2.45) is 52.3 Å². The number of fused-ring (bicyclic) bond motifs is 6. The summed E-state index contributed by atoms with van der Waals surface area (Å²) >= 11 is 0. The molecule has 2 aromatic rings. The van der Waals surface area contributed by atoms with Crippen LogP contribution in [0.5, 0.6) is 5.75 Å². The van der Waals surface area contributed by atoms with Gasteiger partial charge in [-0.1, -0.05) is 32.9 Å².